The van der Waals surface area contributed by atoms with E-state index >= 15 is 0 Å². The lowest BCUT2D eigenvalue weighted by atomic mass is 9.55. The van der Waals surface area contributed by atoms with E-state index in [1.54, 1.807) is 12.1 Å². The highest BCUT2D eigenvalue weighted by Crippen LogP contribution is 2.60. The molecule has 1 aliphatic heterocycles. The summed E-state index contributed by atoms with van der Waals surface area (Å²) in [5.74, 6) is -4.08. The minimum atomic E-state index is -1.18. The third-order valence-corrected chi connectivity index (χ3v) is 7.27. The lowest BCUT2D eigenvalue weighted by Gasteiger charge is -2.45. The molecule has 4 aliphatic rings. The highest BCUT2D eigenvalue weighted by Gasteiger charge is 2.61. The molecule has 0 radical (unpaired) electrons. The molecule has 1 heterocycles. The Kier molecular flexibility index (Phi) is 4.42. The van der Waals surface area contributed by atoms with Gasteiger partial charge in [0, 0.05) is 11.8 Å². The van der Waals surface area contributed by atoms with E-state index in [4.69, 9.17) is 0 Å². The normalized spacial score (nSPS) is 23.8. The highest BCUT2D eigenvalue weighted by atomic mass is 16.4. The zero-order chi connectivity index (χ0) is 23.6. The van der Waals surface area contributed by atoms with Crippen molar-refractivity contribution in [2.75, 3.05) is 11.9 Å². The number of hydrogen-bond donors (Lipinski definition) is 2. The molecule has 3 amide bonds. The van der Waals surface area contributed by atoms with E-state index in [-0.39, 0.29) is 34.9 Å². The van der Waals surface area contributed by atoms with Crippen molar-refractivity contribution in [1.29, 1.82) is 0 Å². The van der Waals surface area contributed by atoms with Crippen LogP contribution in [-0.2, 0) is 14.4 Å². The minimum Gasteiger partial charge on any atom is -0.478 e. The molecule has 2 atom stereocenters. The van der Waals surface area contributed by atoms with Gasteiger partial charge in [-0.1, -0.05) is 60.7 Å². The molecule has 3 aromatic rings. The van der Waals surface area contributed by atoms with Crippen molar-refractivity contribution in [3.05, 3.63) is 101 Å². The smallest absolute Gasteiger partial charge is 0.337 e. The summed E-state index contributed by atoms with van der Waals surface area (Å²) in [5, 5.41) is 11.9. The van der Waals surface area contributed by atoms with Gasteiger partial charge in [0.05, 0.1) is 23.1 Å². The second kappa shape index (κ2) is 7.38. The Morgan fingerprint density at radius 3 is 1.65 bits per heavy atom. The number of imide groups is 1. The maximum atomic E-state index is 13.6. The number of nitrogens with zero attached hydrogens (tertiary/aromatic N) is 1. The van der Waals surface area contributed by atoms with Crippen molar-refractivity contribution >= 4 is 29.4 Å². The lowest BCUT2D eigenvalue weighted by molar-refractivity contribution is -0.142. The van der Waals surface area contributed by atoms with E-state index in [2.05, 4.69) is 5.32 Å². The van der Waals surface area contributed by atoms with Crippen molar-refractivity contribution in [3.8, 4) is 0 Å². The molecular weight excluding hydrogens is 432 g/mol. The Labute approximate surface area is 195 Å². The number of carboxylic acid groups (broad SMARTS) is 1. The summed E-state index contributed by atoms with van der Waals surface area (Å²) in [5.41, 5.74) is 4.32. The molecule has 7 rings (SSSR count). The summed E-state index contributed by atoms with van der Waals surface area (Å²) in [6, 6.07) is 21.9. The Morgan fingerprint density at radius 1 is 0.735 bits per heavy atom. The molecule has 3 aliphatic carbocycles. The molecule has 34 heavy (non-hydrogen) atoms. The second-order valence-corrected chi connectivity index (χ2v) is 8.93. The van der Waals surface area contributed by atoms with Gasteiger partial charge in [0.2, 0.25) is 17.7 Å². The number of para-hydroxylation sites is 1. The number of carboxylic acids is 1. The SMILES string of the molecule is O=C(CN1C(=O)[C@@H]2C3c4ccccc4C(c4ccccc43)[C@H]2C1=O)Nc1ccccc1C(=O)O. The largest absolute Gasteiger partial charge is 0.478 e. The summed E-state index contributed by atoms with van der Waals surface area (Å²) in [6.07, 6.45) is 0. The Morgan fingerprint density at radius 2 is 1.18 bits per heavy atom. The molecule has 0 unspecified atom stereocenters. The van der Waals surface area contributed by atoms with E-state index in [0.29, 0.717) is 0 Å². The number of hydrogen-bond acceptors (Lipinski definition) is 4. The van der Waals surface area contributed by atoms with Crippen LogP contribution >= 0.6 is 0 Å². The Balaban J connectivity index is 1.33. The van der Waals surface area contributed by atoms with Crippen molar-refractivity contribution in [2.45, 2.75) is 11.8 Å². The van der Waals surface area contributed by atoms with Gasteiger partial charge in [-0.05, 0) is 34.4 Å². The standard InChI is InChI=1S/C27H20N2O5/c30-20(28-19-12-6-5-11-18(19)27(33)34)13-29-25(31)23-21-14-7-1-2-8-15(14)22(24(23)26(29)32)17-10-4-3-9-16(17)21/h1-12,21-24H,13H2,(H,28,30)(H,33,34)/t21?,22?,23-,24-/m1/s1. The van der Waals surface area contributed by atoms with Crippen LogP contribution in [0.4, 0.5) is 5.69 Å². The number of amides is 3. The van der Waals surface area contributed by atoms with Crippen LogP contribution in [0.1, 0.15) is 44.4 Å². The summed E-state index contributed by atoms with van der Waals surface area (Å²) in [7, 11) is 0. The van der Waals surface area contributed by atoms with E-state index in [1.807, 2.05) is 48.5 Å². The zero-order valence-electron chi connectivity index (χ0n) is 18.0. The van der Waals surface area contributed by atoms with Gasteiger partial charge in [0.15, 0.2) is 0 Å². The van der Waals surface area contributed by atoms with Crippen molar-refractivity contribution in [1.82, 2.24) is 4.90 Å². The number of carbonyl (C=O) groups is 4. The molecule has 7 heteroatoms. The Bertz CT molecular complexity index is 1280. The van der Waals surface area contributed by atoms with Gasteiger partial charge < -0.3 is 10.4 Å². The van der Waals surface area contributed by atoms with Gasteiger partial charge in [-0.2, -0.15) is 0 Å². The monoisotopic (exact) mass is 452 g/mol. The molecule has 0 saturated carbocycles. The fraction of sp³-hybridized carbons (Fsp3) is 0.185. The van der Waals surface area contributed by atoms with Crippen LogP contribution in [-0.4, -0.2) is 40.2 Å². The number of likely N-dealkylation sites (tertiary alicyclic amines) is 1. The highest BCUT2D eigenvalue weighted by molar-refractivity contribution is 6.11. The number of rotatable bonds is 4. The lowest BCUT2D eigenvalue weighted by Crippen LogP contribution is -2.41. The van der Waals surface area contributed by atoms with Gasteiger partial charge in [-0.15, -0.1) is 0 Å². The van der Waals surface area contributed by atoms with Crippen LogP contribution in [0.25, 0.3) is 0 Å². The molecule has 1 saturated heterocycles. The summed E-state index contributed by atoms with van der Waals surface area (Å²) in [4.78, 5) is 52.4. The molecule has 0 spiro atoms. The summed E-state index contributed by atoms with van der Waals surface area (Å²) >= 11 is 0. The van der Waals surface area contributed by atoms with Crippen LogP contribution in [0.3, 0.4) is 0 Å². The van der Waals surface area contributed by atoms with Crippen LogP contribution in [0, 0.1) is 11.8 Å². The maximum Gasteiger partial charge on any atom is 0.337 e. The van der Waals surface area contributed by atoms with Gasteiger partial charge in [0.1, 0.15) is 6.54 Å². The predicted molar refractivity (Wildman–Crippen MR) is 122 cm³/mol. The summed E-state index contributed by atoms with van der Waals surface area (Å²) < 4.78 is 0. The molecule has 1 fully saturated rings. The Hall–Kier alpha value is -4.26. The summed E-state index contributed by atoms with van der Waals surface area (Å²) in [6.45, 7) is -0.454. The second-order valence-electron chi connectivity index (χ2n) is 8.93. The fourth-order valence-electron chi connectivity index (χ4n) is 6.01. The topological polar surface area (TPSA) is 104 Å². The first-order chi connectivity index (χ1) is 16.5. The van der Waals surface area contributed by atoms with Gasteiger partial charge in [-0.25, -0.2) is 4.79 Å². The van der Waals surface area contributed by atoms with E-state index < -0.39 is 30.3 Å². The van der Waals surface area contributed by atoms with E-state index in [1.165, 1.54) is 12.1 Å². The average Bonchev–Trinajstić information content (AvgIpc) is 3.09. The first kappa shape index (κ1) is 20.4. The van der Waals surface area contributed by atoms with Gasteiger partial charge in [0.25, 0.3) is 0 Å². The first-order valence-electron chi connectivity index (χ1n) is 11.1. The maximum absolute atomic E-state index is 13.6. The van der Waals surface area contributed by atoms with Gasteiger partial charge >= 0.3 is 5.97 Å². The third-order valence-electron chi connectivity index (χ3n) is 7.27. The van der Waals surface area contributed by atoms with E-state index in [9.17, 15) is 24.3 Å². The zero-order valence-corrected chi connectivity index (χ0v) is 18.0. The molecule has 7 nitrogen and oxygen atoms in total. The number of nitrogens with one attached hydrogen (secondary N) is 1. The van der Waals surface area contributed by atoms with Crippen LogP contribution in [0.2, 0.25) is 0 Å². The van der Waals surface area contributed by atoms with Crippen molar-refractivity contribution < 1.29 is 24.3 Å². The van der Waals surface area contributed by atoms with E-state index in [0.717, 1.165) is 27.2 Å². The molecule has 168 valence electrons. The molecule has 2 bridgehead atoms. The molecule has 0 aromatic heterocycles. The quantitative estimate of drug-likeness (QED) is 0.592. The van der Waals surface area contributed by atoms with Crippen molar-refractivity contribution in [3.63, 3.8) is 0 Å². The number of benzene rings is 3. The molecule has 2 N–H and O–H groups in total. The third kappa shape index (κ3) is 2.76. The number of anilines is 1. The fourth-order valence-corrected chi connectivity index (χ4v) is 6.01. The van der Waals surface area contributed by atoms with Crippen LogP contribution in [0.15, 0.2) is 72.8 Å². The molecular formula is C27H20N2O5. The van der Waals surface area contributed by atoms with Crippen LogP contribution < -0.4 is 5.32 Å². The number of aromatic carboxylic acids is 1. The predicted octanol–water partition coefficient (Wildman–Crippen LogP) is 3.22. The van der Waals surface area contributed by atoms with Gasteiger partial charge in [-0.3, -0.25) is 19.3 Å². The minimum absolute atomic E-state index is 0.0625. The molecule has 3 aromatic carbocycles. The first-order valence-corrected chi connectivity index (χ1v) is 11.1. The average molecular weight is 452 g/mol. The van der Waals surface area contributed by atoms with Crippen molar-refractivity contribution in [2.24, 2.45) is 11.8 Å². The van der Waals surface area contributed by atoms with Crippen LogP contribution in [0.5, 0.6) is 0 Å². The number of carbonyl (C=O) groups excluding carboxylic acids is 3.